The van der Waals surface area contributed by atoms with E-state index in [4.69, 9.17) is 46.4 Å². The first-order valence-corrected chi connectivity index (χ1v) is 10.8. The lowest BCUT2D eigenvalue weighted by molar-refractivity contribution is 0.439. The molecule has 0 radical (unpaired) electrons. The summed E-state index contributed by atoms with van der Waals surface area (Å²) in [6.45, 7) is 0. The monoisotopic (exact) mass is 492 g/mol. The molecule has 1 atom stereocenters. The van der Waals surface area contributed by atoms with Crippen molar-refractivity contribution in [1.82, 2.24) is 0 Å². The Labute approximate surface area is 186 Å². The third kappa shape index (κ3) is 3.65. The van der Waals surface area contributed by atoms with Gasteiger partial charge in [0.1, 0.15) is 11.5 Å². The van der Waals surface area contributed by atoms with Gasteiger partial charge in [0, 0.05) is 37.8 Å². The van der Waals surface area contributed by atoms with E-state index in [1.54, 1.807) is 0 Å². The molecule has 5 nitrogen and oxygen atoms in total. The summed E-state index contributed by atoms with van der Waals surface area (Å²) in [4.78, 5) is 0. The van der Waals surface area contributed by atoms with Gasteiger partial charge >= 0.3 is 0 Å². The van der Waals surface area contributed by atoms with Crippen molar-refractivity contribution in [3.63, 3.8) is 0 Å². The van der Waals surface area contributed by atoms with Crippen LogP contribution in [0.5, 0.6) is 11.5 Å². The third-order valence-electron chi connectivity index (χ3n) is 4.38. The molecule has 0 spiro atoms. The van der Waals surface area contributed by atoms with Gasteiger partial charge in [-0.2, -0.15) is 8.42 Å². The van der Waals surface area contributed by atoms with Crippen LogP contribution in [0.3, 0.4) is 0 Å². The van der Waals surface area contributed by atoms with Crippen LogP contribution in [0.1, 0.15) is 16.7 Å². The fourth-order valence-electron chi connectivity index (χ4n) is 3.22. The molecule has 3 aromatic rings. The van der Waals surface area contributed by atoms with Crippen LogP contribution in [0.4, 0.5) is 0 Å². The number of rotatable bonds is 4. The molecule has 0 aliphatic carbocycles. The average Bonchev–Trinajstić information content (AvgIpc) is 2.62. The molecule has 0 amide bonds. The molecule has 3 aromatic carbocycles. The number of hydrogen-bond donors (Lipinski definition) is 3. The van der Waals surface area contributed by atoms with Crippen LogP contribution in [0.25, 0.3) is 0 Å². The molecule has 0 saturated carbocycles. The van der Waals surface area contributed by atoms with E-state index >= 15 is 0 Å². The number of para-hydroxylation sites is 1. The van der Waals surface area contributed by atoms with Gasteiger partial charge in [0.05, 0.1) is 5.02 Å². The topological polar surface area (TPSA) is 94.8 Å². The highest BCUT2D eigenvalue weighted by Gasteiger charge is 2.52. The minimum Gasteiger partial charge on any atom is -0.508 e. The lowest BCUT2D eigenvalue weighted by atomic mass is 9.83. The van der Waals surface area contributed by atoms with Crippen molar-refractivity contribution in [1.29, 1.82) is 0 Å². The fourth-order valence-corrected chi connectivity index (χ4v) is 5.56. The Bertz CT molecular complexity index is 1210. The Kier molecular flexibility index (Phi) is 5.98. The molecule has 0 saturated heterocycles. The van der Waals surface area contributed by atoms with Crippen molar-refractivity contribution in [2.24, 2.45) is 0 Å². The maximum atomic E-state index is 13.0. The summed E-state index contributed by atoms with van der Waals surface area (Å²) >= 11 is 24.7. The molecule has 3 rings (SSSR count). The minimum atomic E-state index is -5.16. The molecule has 0 heterocycles. The number of phenols is 2. The molecule has 0 fully saturated rings. The van der Waals surface area contributed by atoms with Crippen molar-refractivity contribution in [2.45, 2.75) is 4.75 Å². The van der Waals surface area contributed by atoms with Gasteiger partial charge in [0.25, 0.3) is 10.1 Å². The van der Waals surface area contributed by atoms with E-state index in [9.17, 15) is 23.2 Å². The third-order valence-corrected chi connectivity index (χ3v) is 6.99. The van der Waals surface area contributed by atoms with E-state index in [0.29, 0.717) is 0 Å². The second-order valence-electron chi connectivity index (χ2n) is 6.08. The fraction of sp³-hybridized carbons (Fsp3) is 0.0526. The molecule has 10 heteroatoms. The van der Waals surface area contributed by atoms with Gasteiger partial charge < -0.3 is 10.2 Å². The number of aromatic hydroxyl groups is 2. The van der Waals surface area contributed by atoms with Crippen LogP contribution >= 0.6 is 46.4 Å². The molecule has 0 aliphatic rings. The summed E-state index contributed by atoms with van der Waals surface area (Å²) in [6, 6.07) is 11.6. The second-order valence-corrected chi connectivity index (χ2v) is 9.30. The van der Waals surface area contributed by atoms with Gasteiger partial charge in [0.2, 0.25) is 0 Å². The first-order valence-electron chi connectivity index (χ1n) is 7.89. The maximum absolute atomic E-state index is 13.0. The van der Waals surface area contributed by atoms with Crippen molar-refractivity contribution in [2.75, 3.05) is 0 Å². The quantitative estimate of drug-likeness (QED) is 0.311. The molecule has 3 N–H and O–H groups in total. The lowest BCUT2D eigenvalue weighted by Crippen LogP contribution is -2.39. The molecule has 29 heavy (non-hydrogen) atoms. The molecule has 0 aliphatic heterocycles. The number of hydrogen-bond acceptors (Lipinski definition) is 4. The lowest BCUT2D eigenvalue weighted by Gasteiger charge is -2.34. The maximum Gasteiger partial charge on any atom is 0.283 e. The standard InChI is InChI=1S/C19H12Cl4O5S/c20-10-5-6-15(22)13(7-10)19(29(26,27)28,12-3-1-2-4-16(12)24)14-8-11(21)9-17(25)18(14)23/h1-9,24-25H,(H,26,27,28). The van der Waals surface area contributed by atoms with E-state index in [1.165, 1.54) is 42.5 Å². The van der Waals surface area contributed by atoms with Gasteiger partial charge in [-0.15, -0.1) is 0 Å². The van der Waals surface area contributed by atoms with Crippen molar-refractivity contribution in [3.8, 4) is 11.5 Å². The zero-order valence-corrected chi connectivity index (χ0v) is 18.1. The molecular formula is C19H12Cl4O5S. The Hall–Kier alpha value is -1.67. The molecular weight excluding hydrogens is 482 g/mol. The van der Waals surface area contributed by atoms with Crippen LogP contribution < -0.4 is 0 Å². The molecule has 0 bridgehead atoms. The number of halogens is 4. The van der Waals surface area contributed by atoms with Crippen LogP contribution in [0.15, 0.2) is 54.6 Å². The first kappa shape index (κ1) is 22.0. The van der Waals surface area contributed by atoms with E-state index in [1.807, 2.05) is 0 Å². The molecule has 0 aromatic heterocycles. The predicted molar refractivity (Wildman–Crippen MR) is 114 cm³/mol. The summed E-state index contributed by atoms with van der Waals surface area (Å²) in [5, 5.41) is 20.3. The summed E-state index contributed by atoms with van der Waals surface area (Å²) < 4.78 is 34.0. The van der Waals surface area contributed by atoms with Crippen molar-refractivity contribution < 1.29 is 23.2 Å². The molecule has 152 valence electrons. The number of phenolic OH excluding ortho intramolecular Hbond substituents is 2. The Morgan fingerprint density at radius 3 is 1.97 bits per heavy atom. The van der Waals surface area contributed by atoms with E-state index in [2.05, 4.69) is 0 Å². The normalized spacial score (nSPS) is 13.8. The second kappa shape index (κ2) is 7.87. The van der Waals surface area contributed by atoms with Gasteiger partial charge in [-0.25, -0.2) is 0 Å². The van der Waals surface area contributed by atoms with Gasteiger partial charge in [-0.1, -0.05) is 64.6 Å². The first-order chi connectivity index (χ1) is 13.5. The van der Waals surface area contributed by atoms with Gasteiger partial charge in [-0.3, -0.25) is 4.55 Å². The van der Waals surface area contributed by atoms with Crippen molar-refractivity contribution >= 4 is 56.5 Å². The Morgan fingerprint density at radius 1 is 0.724 bits per heavy atom. The summed E-state index contributed by atoms with van der Waals surface area (Å²) in [7, 11) is -5.16. The summed E-state index contributed by atoms with van der Waals surface area (Å²) in [6.07, 6.45) is 0. The zero-order valence-electron chi connectivity index (χ0n) is 14.3. The largest absolute Gasteiger partial charge is 0.508 e. The minimum absolute atomic E-state index is 0.0662. The van der Waals surface area contributed by atoms with Crippen LogP contribution in [-0.2, 0) is 14.9 Å². The van der Waals surface area contributed by atoms with E-state index in [0.717, 1.165) is 12.1 Å². The van der Waals surface area contributed by atoms with Crippen molar-refractivity contribution in [3.05, 3.63) is 91.4 Å². The number of benzene rings is 3. The average molecular weight is 494 g/mol. The highest BCUT2D eigenvalue weighted by Crippen LogP contribution is 2.53. The highest BCUT2D eigenvalue weighted by atomic mass is 35.5. The van der Waals surface area contributed by atoms with Crippen LogP contribution in [0.2, 0.25) is 20.1 Å². The summed E-state index contributed by atoms with van der Waals surface area (Å²) in [5.74, 6) is -1.01. The molecule has 1 unspecified atom stereocenters. The van der Waals surface area contributed by atoms with Gasteiger partial charge in [0.15, 0.2) is 4.75 Å². The Balaban J connectivity index is 2.68. The Morgan fingerprint density at radius 2 is 1.34 bits per heavy atom. The smallest absolute Gasteiger partial charge is 0.283 e. The highest BCUT2D eigenvalue weighted by molar-refractivity contribution is 7.87. The van der Waals surface area contributed by atoms with Gasteiger partial charge in [-0.05, 0) is 30.3 Å². The summed E-state index contributed by atoms with van der Waals surface area (Å²) in [5.41, 5.74) is -0.785. The van der Waals surface area contributed by atoms with E-state index < -0.39 is 31.4 Å². The SMILES string of the molecule is O=S(=O)(O)C(c1ccccc1O)(c1cc(Cl)ccc1Cl)c1cc(Cl)cc(O)c1Cl. The van der Waals surface area contributed by atoms with Crippen LogP contribution in [0, 0.1) is 0 Å². The van der Waals surface area contributed by atoms with Crippen LogP contribution in [-0.4, -0.2) is 23.2 Å². The predicted octanol–water partition coefficient (Wildman–Crippen LogP) is 5.89. The van der Waals surface area contributed by atoms with E-state index in [-0.39, 0.29) is 31.8 Å². The zero-order chi connectivity index (χ0) is 21.6.